The van der Waals surface area contributed by atoms with Gasteiger partial charge in [0.05, 0.1) is 0 Å². The third kappa shape index (κ3) is 1.86. The van der Waals surface area contributed by atoms with Gasteiger partial charge in [0.2, 0.25) is 0 Å². The predicted molar refractivity (Wildman–Crippen MR) is 55.1 cm³/mol. The zero-order chi connectivity index (χ0) is 8.43. The van der Waals surface area contributed by atoms with E-state index in [-0.39, 0.29) is 5.78 Å². The molecule has 58 valence electrons. The molecule has 0 spiro atoms. The van der Waals surface area contributed by atoms with Crippen molar-refractivity contribution in [1.29, 1.82) is 0 Å². The summed E-state index contributed by atoms with van der Waals surface area (Å²) in [5, 5.41) is 2.03. The second kappa shape index (κ2) is 3.43. The molecule has 0 N–H and O–H groups in total. The Labute approximate surface area is 71.0 Å². The summed E-state index contributed by atoms with van der Waals surface area (Å²) in [4.78, 5) is 11.0. The summed E-state index contributed by atoms with van der Waals surface area (Å²) in [6.07, 6.45) is 0. The van der Waals surface area contributed by atoms with E-state index in [1.807, 2.05) is 18.2 Å². The van der Waals surface area contributed by atoms with Gasteiger partial charge in [0, 0.05) is 5.56 Å². The van der Waals surface area contributed by atoms with Gasteiger partial charge in [-0.2, -0.15) is 0 Å². The van der Waals surface area contributed by atoms with E-state index in [1.54, 1.807) is 6.92 Å². The molecule has 11 heavy (non-hydrogen) atoms. The van der Waals surface area contributed by atoms with Crippen molar-refractivity contribution in [3.8, 4) is 0 Å². The summed E-state index contributed by atoms with van der Waals surface area (Å²) >= 11 is 0. The van der Waals surface area contributed by atoms with E-state index in [2.05, 4.69) is 18.5 Å². The van der Waals surface area contributed by atoms with Crippen LogP contribution in [-0.4, -0.2) is 5.78 Å². The van der Waals surface area contributed by atoms with Crippen molar-refractivity contribution in [2.45, 2.75) is 6.92 Å². The maximum absolute atomic E-state index is 11.0. The molecule has 1 aromatic rings. The van der Waals surface area contributed by atoms with Crippen molar-refractivity contribution in [3.05, 3.63) is 23.8 Å². The molecular formula is C8H10OP2. The summed E-state index contributed by atoms with van der Waals surface area (Å²) in [5.41, 5.74) is 0.780. The molecule has 2 atom stereocenters. The lowest BCUT2D eigenvalue weighted by Crippen LogP contribution is -2.18. The minimum absolute atomic E-state index is 0.110. The van der Waals surface area contributed by atoms with Crippen LogP contribution >= 0.6 is 18.5 Å². The molecule has 0 aliphatic carbocycles. The molecule has 0 fully saturated rings. The fourth-order valence-electron chi connectivity index (χ4n) is 0.890. The average Bonchev–Trinajstić information content (AvgIpc) is 1.94. The summed E-state index contributed by atoms with van der Waals surface area (Å²) in [7, 11) is 5.16. The van der Waals surface area contributed by atoms with E-state index in [0.717, 1.165) is 16.2 Å². The van der Waals surface area contributed by atoms with Crippen molar-refractivity contribution in [2.24, 2.45) is 0 Å². The molecule has 0 aromatic heterocycles. The lowest BCUT2D eigenvalue weighted by Gasteiger charge is -2.03. The summed E-state index contributed by atoms with van der Waals surface area (Å²) < 4.78 is 0. The molecule has 2 unspecified atom stereocenters. The van der Waals surface area contributed by atoms with E-state index in [9.17, 15) is 4.79 Å². The van der Waals surface area contributed by atoms with Crippen LogP contribution in [0.15, 0.2) is 18.2 Å². The first kappa shape index (κ1) is 8.84. The van der Waals surface area contributed by atoms with Gasteiger partial charge in [0.15, 0.2) is 5.78 Å². The van der Waals surface area contributed by atoms with E-state index < -0.39 is 0 Å². The zero-order valence-electron chi connectivity index (χ0n) is 6.29. The zero-order valence-corrected chi connectivity index (χ0v) is 8.60. The van der Waals surface area contributed by atoms with Gasteiger partial charge in [0.1, 0.15) is 0 Å². The number of ketones is 1. The van der Waals surface area contributed by atoms with E-state index in [4.69, 9.17) is 0 Å². The number of carbonyl (C=O) groups is 1. The fraction of sp³-hybridized carbons (Fsp3) is 0.125. The van der Waals surface area contributed by atoms with Crippen molar-refractivity contribution in [3.63, 3.8) is 0 Å². The molecule has 1 nitrogen and oxygen atoms in total. The molecule has 0 aliphatic heterocycles. The summed E-state index contributed by atoms with van der Waals surface area (Å²) in [6, 6.07) is 5.67. The molecule has 0 saturated heterocycles. The van der Waals surface area contributed by atoms with Gasteiger partial charge in [-0.3, -0.25) is 4.79 Å². The van der Waals surface area contributed by atoms with Crippen LogP contribution in [0.1, 0.15) is 17.3 Å². The largest absolute Gasteiger partial charge is 0.294 e. The molecule has 0 heterocycles. The molecule has 0 amide bonds. The van der Waals surface area contributed by atoms with Crippen molar-refractivity contribution < 1.29 is 4.79 Å². The standard InChI is InChI=1S/C8H10OP2/c1-5(9)6-3-2-4-7(10)8(6)11/h2-4H,10-11H2,1H3. The van der Waals surface area contributed by atoms with Gasteiger partial charge >= 0.3 is 0 Å². The molecule has 0 radical (unpaired) electrons. The lowest BCUT2D eigenvalue weighted by molar-refractivity contribution is 0.101. The highest BCUT2D eigenvalue weighted by atomic mass is 31.0. The van der Waals surface area contributed by atoms with Crippen LogP contribution in [0.5, 0.6) is 0 Å². The predicted octanol–water partition coefficient (Wildman–Crippen LogP) is 0.890. The van der Waals surface area contributed by atoms with Crippen LogP contribution in [-0.2, 0) is 0 Å². The summed E-state index contributed by atoms with van der Waals surface area (Å²) in [6.45, 7) is 1.58. The number of carbonyl (C=O) groups excluding carboxylic acids is 1. The first-order valence-electron chi connectivity index (χ1n) is 3.28. The highest BCUT2D eigenvalue weighted by Gasteiger charge is 2.03. The van der Waals surface area contributed by atoms with Gasteiger partial charge in [0.25, 0.3) is 0 Å². The Morgan fingerprint density at radius 2 is 2.00 bits per heavy atom. The topological polar surface area (TPSA) is 17.1 Å². The number of hydrogen-bond donors (Lipinski definition) is 0. The number of rotatable bonds is 1. The highest BCUT2D eigenvalue weighted by molar-refractivity contribution is 7.36. The monoisotopic (exact) mass is 184 g/mol. The van der Waals surface area contributed by atoms with Crippen LogP contribution in [0.25, 0.3) is 0 Å². The maximum atomic E-state index is 11.0. The second-order valence-corrected chi connectivity index (χ2v) is 3.56. The van der Waals surface area contributed by atoms with Gasteiger partial charge in [-0.1, -0.05) is 18.2 Å². The van der Waals surface area contributed by atoms with E-state index in [0.29, 0.717) is 0 Å². The summed E-state index contributed by atoms with van der Waals surface area (Å²) in [5.74, 6) is 0.110. The SMILES string of the molecule is CC(=O)c1cccc(P)c1P. The maximum Gasteiger partial charge on any atom is 0.160 e. The molecule has 1 rings (SSSR count). The Kier molecular flexibility index (Phi) is 2.76. The Morgan fingerprint density at radius 3 is 2.45 bits per heavy atom. The molecule has 0 bridgehead atoms. The van der Waals surface area contributed by atoms with Gasteiger partial charge in [-0.15, -0.1) is 18.5 Å². The number of hydrogen-bond acceptors (Lipinski definition) is 1. The van der Waals surface area contributed by atoms with Crippen LogP contribution in [0.4, 0.5) is 0 Å². The van der Waals surface area contributed by atoms with Crippen LogP contribution in [0.3, 0.4) is 0 Å². The lowest BCUT2D eigenvalue weighted by atomic mass is 10.1. The molecule has 3 heteroatoms. The third-order valence-electron chi connectivity index (χ3n) is 1.52. The minimum Gasteiger partial charge on any atom is -0.294 e. The third-order valence-corrected chi connectivity index (χ3v) is 3.00. The molecule has 1 aromatic carbocycles. The second-order valence-electron chi connectivity index (χ2n) is 2.36. The van der Waals surface area contributed by atoms with Crippen molar-refractivity contribution in [1.82, 2.24) is 0 Å². The van der Waals surface area contributed by atoms with Crippen LogP contribution in [0.2, 0.25) is 0 Å². The fourth-order valence-corrected chi connectivity index (χ4v) is 1.55. The van der Waals surface area contributed by atoms with E-state index >= 15 is 0 Å². The van der Waals surface area contributed by atoms with Gasteiger partial charge < -0.3 is 0 Å². The smallest absolute Gasteiger partial charge is 0.160 e. The highest BCUT2D eigenvalue weighted by Crippen LogP contribution is 2.01. The first-order valence-corrected chi connectivity index (χ1v) is 4.43. The van der Waals surface area contributed by atoms with Crippen LogP contribution in [0, 0.1) is 0 Å². The Hall–Kier alpha value is -0.250. The Morgan fingerprint density at radius 1 is 1.36 bits per heavy atom. The quantitative estimate of drug-likeness (QED) is 0.468. The molecular weight excluding hydrogens is 174 g/mol. The Bertz CT molecular complexity index is 294. The molecule has 0 saturated carbocycles. The van der Waals surface area contributed by atoms with Gasteiger partial charge in [-0.05, 0) is 17.5 Å². The normalized spacial score (nSPS) is 9.73. The Balaban J connectivity index is 3.27. The first-order chi connectivity index (χ1) is 5.13. The van der Waals surface area contributed by atoms with E-state index in [1.165, 1.54) is 0 Å². The number of benzene rings is 1. The van der Waals surface area contributed by atoms with Crippen molar-refractivity contribution >= 4 is 34.9 Å². The average molecular weight is 184 g/mol. The molecule has 0 aliphatic rings. The van der Waals surface area contributed by atoms with Crippen LogP contribution < -0.4 is 10.6 Å². The van der Waals surface area contributed by atoms with Gasteiger partial charge in [-0.25, -0.2) is 0 Å². The number of Topliss-reactive ketones (excluding diaryl/α,β-unsaturated/α-hetero) is 1. The minimum atomic E-state index is 0.110. The van der Waals surface area contributed by atoms with Crippen molar-refractivity contribution in [2.75, 3.05) is 0 Å².